The van der Waals surface area contributed by atoms with Crippen molar-refractivity contribution in [3.05, 3.63) is 288 Å². The summed E-state index contributed by atoms with van der Waals surface area (Å²) < 4.78 is 2.39. The summed E-state index contributed by atoms with van der Waals surface area (Å²) in [5.74, 6) is 0. The van der Waals surface area contributed by atoms with E-state index in [2.05, 4.69) is 264 Å². The van der Waals surface area contributed by atoms with Crippen molar-refractivity contribution >= 4 is 50.0 Å². The van der Waals surface area contributed by atoms with Crippen LogP contribution in [-0.4, -0.2) is 4.57 Å². The van der Waals surface area contributed by atoms with Gasteiger partial charge in [0.25, 0.3) is 0 Å². The number of fused-ring (bicyclic) bond motifs is 13. The third kappa shape index (κ3) is 5.98. The molecule has 1 heterocycles. The third-order valence-corrected chi connectivity index (χ3v) is 15.1. The lowest BCUT2D eigenvalue weighted by molar-refractivity contribution is 0.794. The summed E-state index contributed by atoms with van der Waals surface area (Å²) in [7, 11) is 0. The quantitative estimate of drug-likeness (QED) is 0.155. The van der Waals surface area contributed by atoms with Crippen molar-refractivity contribution in [3.63, 3.8) is 0 Å². The van der Waals surface area contributed by atoms with E-state index in [1.54, 1.807) is 0 Å². The Morgan fingerprint density at radius 3 is 1.71 bits per heavy atom. The minimum Gasteiger partial charge on any atom is -0.310 e. The fraction of sp³-hybridized carbons (Fsp3) is 0.0448. The zero-order valence-corrected chi connectivity index (χ0v) is 38.1. The van der Waals surface area contributed by atoms with Crippen LogP contribution in [0, 0.1) is 0 Å². The second kappa shape index (κ2) is 15.7. The van der Waals surface area contributed by atoms with E-state index in [9.17, 15) is 0 Å². The molecule has 0 saturated heterocycles. The second-order valence-electron chi connectivity index (χ2n) is 18.7. The predicted octanol–water partition coefficient (Wildman–Crippen LogP) is 17.5. The first-order valence-electron chi connectivity index (χ1n) is 24.2. The lowest BCUT2D eigenvalue weighted by Crippen LogP contribution is -2.25. The Morgan fingerprint density at radius 2 is 0.957 bits per heavy atom. The number of hydrogen-bond donors (Lipinski definition) is 0. The summed E-state index contributed by atoms with van der Waals surface area (Å²) in [6, 6.07) is 90.0. The van der Waals surface area contributed by atoms with Gasteiger partial charge in [0.1, 0.15) is 0 Å². The highest BCUT2D eigenvalue weighted by Crippen LogP contribution is 2.63. The number of anilines is 3. The molecule has 3 aliphatic carbocycles. The number of hydrogen-bond acceptors (Lipinski definition) is 1. The molecule has 0 radical (unpaired) electrons. The van der Waals surface area contributed by atoms with Crippen LogP contribution in [0.15, 0.2) is 255 Å². The number of rotatable bonds is 7. The summed E-state index contributed by atoms with van der Waals surface area (Å²) >= 11 is 0. The van der Waals surface area contributed by atoms with Crippen LogP contribution in [0.3, 0.4) is 0 Å². The van der Waals surface area contributed by atoms with Crippen LogP contribution in [0.5, 0.6) is 0 Å². The van der Waals surface area contributed by atoms with E-state index in [-0.39, 0.29) is 0 Å². The Hall–Kier alpha value is -8.72. The summed E-state index contributed by atoms with van der Waals surface area (Å²) in [6.07, 6.45) is 6.81. The van der Waals surface area contributed by atoms with Gasteiger partial charge in [-0.15, -0.1) is 0 Å². The van der Waals surface area contributed by atoms with Gasteiger partial charge in [0, 0.05) is 33.4 Å². The van der Waals surface area contributed by atoms with Crippen LogP contribution in [0.25, 0.3) is 72.0 Å². The molecule has 0 fully saturated rings. The zero-order valence-electron chi connectivity index (χ0n) is 38.1. The Morgan fingerprint density at radius 1 is 0.377 bits per heavy atom. The molecule has 0 unspecified atom stereocenters. The van der Waals surface area contributed by atoms with Crippen LogP contribution in [0.2, 0.25) is 0 Å². The summed E-state index contributed by atoms with van der Waals surface area (Å²) in [6.45, 7) is 0. The number of benzene rings is 10. The Labute approximate surface area is 403 Å². The monoisotopic (exact) mass is 878 g/mol. The van der Waals surface area contributed by atoms with Crippen molar-refractivity contribution in [2.24, 2.45) is 0 Å². The molecule has 0 saturated carbocycles. The highest BCUT2D eigenvalue weighted by Gasteiger charge is 2.51. The van der Waals surface area contributed by atoms with Gasteiger partial charge in [-0.05, 0) is 146 Å². The number of nitrogens with zero attached hydrogens (tertiary/aromatic N) is 2. The Kier molecular flexibility index (Phi) is 8.97. The van der Waals surface area contributed by atoms with E-state index < -0.39 is 5.41 Å². The first kappa shape index (κ1) is 39.4. The van der Waals surface area contributed by atoms with Crippen LogP contribution in [0.4, 0.5) is 17.1 Å². The lowest BCUT2D eigenvalue weighted by atomic mass is 9.70. The topological polar surface area (TPSA) is 8.17 Å². The van der Waals surface area contributed by atoms with Gasteiger partial charge >= 0.3 is 0 Å². The third-order valence-electron chi connectivity index (χ3n) is 15.1. The predicted molar refractivity (Wildman–Crippen MR) is 289 cm³/mol. The van der Waals surface area contributed by atoms with Crippen molar-refractivity contribution in [2.45, 2.75) is 18.3 Å². The normalized spacial score (nSPS) is 14.0. The van der Waals surface area contributed by atoms with Crippen LogP contribution in [0.1, 0.15) is 46.2 Å². The van der Waals surface area contributed by atoms with Crippen LogP contribution >= 0.6 is 0 Å². The second-order valence-corrected chi connectivity index (χ2v) is 18.7. The van der Waals surface area contributed by atoms with Gasteiger partial charge in [0.05, 0.1) is 22.1 Å². The van der Waals surface area contributed by atoms with E-state index in [0.29, 0.717) is 0 Å². The SMILES string of the molecule is C1=C(c2ccc3c(c2)c2ccccc2n3-c2ccccc2)C=C(c2cccc(N(c3ccc4c(c3)-c3ccccc3C43c4ccccc4-c4ccccc43)c3ccccc3-c3ccccc3)c2)CC1. The van der Waals surface area contributed by atoms with E-state index >= 15 is 0 Å². The zero-order chi connectivity index (χ0) is 45.5. The summed E-state index contributed by atoms with van der Waals surface area (Å²) in [5.41, 5.74) is 24.7. The molecule has 0 amide bonds. The maximum Gasteiger partial charge on any atom is 0.0725 e. The fourth-order valence-corrected chi connectivity index (χ4v) is 12.2. The van der Waals surface area contributed by atoms with E-state index in [1.165, 1.54) is 105 Å². The largest absolute Gasteiger partial charge is 0.310 e. The first-order valence-corrected chi connectivity index (χ1v) is 24.2. The van der Waals surface area contributed by atoms with Crippen LogP contribution in [-0.2, 0) is 5.41 Å². The summed E-state index contributed by atoms with van der Waals surface area (Å²) in [4.78, 5) is 2.49. The maximum absolute atomic E-state index is 2.49. The average molecular weight is 879 g/mol. The highest BCUT2D eigenvalue weighted by molar-refractivity contribution is 6.10. The van der Waals surface area contributed by atoms with Gasteiger partial charge in [-0.3, -0.25) is 0 Å². The van der Waals surface area contributed by atoms with E-state index in [1.807, 2.05) is 0 Å². The first-order chi connectivity index (χ1) is 34.2. The smallest absolute Gasteiger partial charge is 0.0725 e. The highest BCUT2D eigenvalue weighted by atomic mass is 15.1. The average Bonchev–Trinajstić information content (AvgIpc) is 4.03. The molecule has 0 bridgehead atoms. The van der Waals surface area contributed by atoms with E-state index in [4.69, 9.17) is 0 Å². The fourth-order valence-electron chi connectivity index (χ4n) is 12.2. The molecule has 1 aromatic heterocycles. The molecule has 0 aliphatic heterocycles. The van der Waals surface area contributed by atoms with Crippen molar-refractivity contribution in [3.8, 4) is 39.1 Å². The van der Waals surface area contributed by atoms with Gasteiger partial charge in [0.2, 0.25) is 0 Å². The molecule has 2 heteroatoms. The van der Waals surface area contributed by atoms with Crippen molar-refractivity contribution in [1.29, 1.82) is 0 Å². The Balaban J connectivity index is 0.911. The van der Waals surface area contributed by atoms with Gasteiger partial charge in [-0.25, -0.2) is 0 Å². The van der Waals surface area contributed by atoms with E-state index in [0.717, 1.165) is 29.9 Å². The van der Waals surface area contributed by atoms with Gasteiger partial charge in [0.15, 0.2) is 0 Å². The molecule has 0 atom stereocenters. The Bertz CT molecular complexity index is 3860. The lowest BCUT2D eigenvalue weighted by Gasteiger charge is -2.31. The molecule has 10 aromatic carbocycles. The molecule has 14 rings (SSSR count). The molecule has 11 aromatic rings. The van der Waals surface area contributed by atoms with Crippen molar-refractivity contribution in [2.75, 3.05) is 4.90 Å². The molecule has 0 N–H and O–H groups in total. The van der Waals surface area contributed by atoms with Gasteiger partial charge < -0.3 is 9.47 Å². The number of aromatic nitrogens is 1. The van der Waals surface area contributed by atoms with Crippen molar-refractivity contribution in [1.82, 2.24) is 4.57 Å². The van der Waals surface area contributed by atoms with Crippen LogP contribution < -0.4 is 4.90 Å². The summed E-state index contributed by atoms with van der Waals surface area (Å²) in [5, 5.41) is 2.54. The minimum absolute atomic E-state index is 0.396. The van der Waals surface area contributed by atoms with Gasteiger partial charge in [-0.1, -0.05) is 194 Å². The van der Waals surface area contributed by atoms with Gasteiger partial charge in [-0.2, -0.15) is 0 Å². The molecule has 69 heavy (non-hydrogen) atoms. The molecule has 324 valence electrons. The van der Waals surface area contributed by atoms with Crippen molar-refractivity contribution < 1.29 is 0 Å². The maximum atomic E-state index is 2.49. The standard InChI is InChI=1S/C67H46N2/c1-3-19-45(20-4-1)53-27-10-15-35-64(53)68(52-38-39-63-58(44-52)56-30-9-14-34-62(56)67(63)60-32-12-7-28-54(60)55-29-8-13-33-61(55)67)51-26-18-23-48(42-51)46-21-17-22-47(41-46)49-37-40-66-59(43-49)57-31-11-16-36-65(57)69(66)50-24-5-2-6-25-50/h1-16,18-20,22-44H,17,21H2. The molecular formula is C67H46N2. The molecule has 3 aliphatic rings. The molecule has 2 nitrogen and oxygen atoms in total. The minimum atomic E-state index is -0.396. The number of para-hydroxylation sites is 3. The molecular weight excluding hydrogens is 833 g/mol. The molecule has 1 spiro atoms. The number of allylic oxidation sites excluding steroid dienone is 4.